The van der Waals surface area contributed by atoms with Crippen molar-refractivity contribution in [3.8, 4) is 23.2 Å². The number of allylic oxidation sites excluding steroid dienone is 1. The van der Waals surface area contributed by atoms with Gasteiger partial charge in [0.2, 0.25) is 5.95 Å². The number of ether oxygens (including phenoxy) is 2. The number of nitrogens with one attached hydrogen (secondary N) is 1. The maximum Gasteiger partial charge on any atom is 0.230 e. The number of benzene rings is 2. The van der Waals surface area contributed by atoms with Crippen molar-refractivity contribution in [1.29, 1.82) is 5.26 Å². The van der Waals surface area contributed by atoms with E-state index in [1.165, 1.54) is 12.0 Å². The highest BCUT2D eigenvalue weighted by atomic mass is 32.2. The molecule has 5 N–H and O–H groups in total. The van der Waals surface area contributed by atoms with E-state index in [9.17, 15) is 5.26 Å². The van der Waals surface area contributed by atoms with E-state index in [2.05, 4.69) is 48.3 Å². The third-order valence-electron chi connectivity index (χ3n) is 6.81. The van der Waals surface area contributed by atoms with Crippen molar-refractivity contribution in [3.05, 3.63) is 65.0 Å². The van der Waals surface area contributed by atoms with Crippen LogP contribution in [0.2, 0.25) is 0 Å². The van der Waals surface area contributed by atoms with Crippen LogP contribution in [0.3, 0.4) is 0 Å². The molecule has 0 atom stereocenters. The van der Waals surface area contributed by atoms with E-state index in [1.54, 1.807) is 25.1 Å². The normalized spacial score (nSPS) is 16.7. The number of anilines is 3. The second-order valence-corrected chi connectivity index (χ2v) is 10.1. The Bertz CT molecular complexity index is 1360. The van der Waals surface area contributed by atoms with E-state index in [1.807, 2.05) is 12.1 Å². The second-order valence-electron chi connectivity index (χ2n) is 9.35. The monoisotopic (exact) mass is 545 g/mol. The fourth-order valence-electron chi connectivity index (χ4n) is 4.43. The van der Waals surface area contributed by atoms with Gasteiger partial charge in [-0.2, -0.15) is 10.2 Å². The highest BCUT2D eigenvalue weighted by Gasteiger charge is 2.28. The van der Waals surface area contributed by atoms with Crippen molar-refractivity contribution in [2.45, 2.75) is 13.0 Å². The number of nitriles is 1. The molecule has 0 saturated carbocycles. The Morgan fingerprint density at radius 2 is 1.92 bits per heavy atom. The predicted octanol–water partition coefficient (Wildman–Crippen LogP) is 2.85. The Balaban J connectivity index is 1.22. The first-order valence-corrected chi connectivity index (χ1v) is 13.5. The number of nitrogens with two attached hydrogens (primary N) is 2. The Morgan fingerprint density at radius 1 is 1.15 bits per heavy atom. The summed E-state index contributed by atoms with van der Waals surface area (Å²) < 4.78 is 11.1. The molecule has 0 spiro atoms. The molecule has 3 aromatic rings. The summed E-state index contributed by atoms with van der Waals surface area (Å²) in [6, 6.07) is 16.2. The Kier molecular flexibility index (Phi) is 8.43. The maximum atomic E-state index is 9.67. The number of aromatic nitrogens is 3. The van der Waals surface area contributed by atoms with Crippen molar-refractivity contribution < 1.29 is 9.47 Å². The molecular formula is C27H31N9O2S. The molecule has 12 heteroatoms. The second kappa shape index (κ2) is 12.3. The molecule has 5 rings (SSSR count). The lowest BCUT2D eigenvalue weighted by atomic mass is 10.1. The van der Waals surface area contributed by atoms with E-state index >= 15 is 0 Å². The van der Waals surface area contributed by atoms with Gasteiger partial charge in [0.1, 0.15) is 24.8 Å². The average Bonchev–Trinajstić information content (AvgIpc) is 2.93. The third kappa shape index (κ3) is 6.40. The average molecular weight is 546 g/mol. The first-order chi connectivity index (χ1) is 19.0. The van der Waals surface area contributed by atoms with Gasteiger partial charge in [0.15, 0.2) is 5.82 Å². The van der Waals surface area contributed by atoms with Crippen LogP contribution in [0, 0.1) is 11.3 Å². The van der Waals surface area contributed by atoms with Gasteiger partial charge in [0.05, 0.1) is 29.7 Å². The minimum absolute atomic E-state index is 0.183. The quantitative estimate of drug-likeness (QED) is 0.339. The number of hydrogen-bond donors (Lipinski definition) is 3. The smallest absolute Gasteiger partial charge is 0.230 e. The largest absolute Gasteiger partial charge is 0.487 e. The lowest BCUT2D eigenvalue weighted by Crippen LogP contribution is -2.56. The first kappa shape index (κ1) is 26.7. The fourth-order valence-corrected chi connectivity index (χ4v) is 4.74. The van der Waals surface area contributed by atoms with Gasteiger partial charge in [-0.05, 0) is 61.3 Å². The van der Waals surface area contributed by atoms with Crippen LogP contribution < -0.4 is 25.8 Å². The zero-order chi connectivity index (χ0) is 27.2. The number of hydrogen-bond acceptors (Lipinski definition) is 12. The van der Waals surface area contributed by atoms with Crippen molar-refractivity contribution >= 4 is 29.3 Å². The molecule has 11 nitrogen and oxygen atoms in total. The molecule has 2 aliphatic heterocycles. The summed E-state index contributed by atoms with van der Waals surface area (Å²) in [5, 5.41) is 18.6. The predicted molar refractivity (Wildman–Crippen MR) is 152 cm³/mol. The fraction of sp³-hybridized carbons (Fsp3) is 0.333. The summed E-state index contributed by atoms with van der Waals surface area (Å²) >= 11 is 1.03. The zero-order valence-corrected chi connectivity index (χ0v) is 22.5. The molecule has 3 heterocycles. The Morgan fingerprint density at radius 3 is 2.56 bits per heavy atom. The molecule has 0 radical (unpaired) electrons. The zero-order valence-electron chi connectivity index (χ0n) is 21.7. The minimum atomic E-state index is 0.183. The van der Waals surface area contributed by atoms with Gasteiger partial charge >= 0.3 is 0 Å². The van der Waals surface area contributed by atoms with Crippen LogP contribution in [0.15, 0.2) is 59.4 Å². The summed E-state index contributed by atoms with van der Waals surface area (Å²) in [6.45, 7) is 7.78. The number of nitrogens with zero attached hydrogens (tertiary/aromatic N) is 6. The summed E-state index contributed by atoms with van der Waals surface area (Å²) in [5.74, 6) is 1.29. The Labute approximate surface area is 232 Å². The standard InChI is InChI=1S/C27H31N9O2S/c1-18(29)25(39-30)16-38-24-7-2-19(12-20(24)13-28)26-31-17-32-27(34-26)33-21-3-5-22(6-4-21)35-8-10-36(11-9-35)23-14-37-15-23/h2-7,12,17,23H,8-11,14-16,29-30H2,1H3,(H,31,32,33,34)/b25-18-. The van der Waals surface area contributed by atoms with Gasteiger partial charge < -0.3 is 25.4 Å². The summed E-state index contributed by atoms with van der Waals surface area (Å²) in [7, 11) is 0. The van der Waals surface area contributed by atoms with Crippen LogP contribution >= 0.6 is 11.9 Å². The molecule has 39 heavy (non-hydrogen) atoms. The number of rotatable bonds is 9. The van der Waals surface area contributed by atoms with Crippen LogP contribution in [0.1, 0.15) is 12.5 Å². The van der Waals surface area contributed by atoms with Crippen LogP contribution in [0.25, 0.3) is 11.4 Å². The molecule has 0 amide bonds. The van der Waals surface area contributed by atoms with Crippen molar-refractivity contribution in [1.82, 2.24) is 19.9 Å². The van der Waals surface area contributed by atoms with E-state index in [0.29, 0.717) is 45.3 Å². The van der Waals surface area contributed by atoms with Crippen LogP contribution in [0.5, 0.6) is 5.75 Å². The van der Waals surface area contributed by atoms with Gasteiger partial charge in [-0.3, -0.25) is 10.0 Å². The number of piperazine rings is 1. The Hall–Kier alpha value is -3.89. The van der Waals surface area contributed by atoms with Gasteiger partial charge in [-0.15, -0.1) is 0 Å². The highest BCUT2D eigenvalue weighted by Crippen LogP contribution is 2.27. The van der Waals surface area contributed by atoms with Crippen LogP contribution in [-0.4, -0.2) is 71.9 Å². The van der Waals surface area contributed by atoms with E-state index in [0.717, 1.165) is 57.0 Å². The SMILES string of the molecule is C/C(N)=C(\COc1ccc(-c2ncnc(Nc3ccc(N4CCN(C5COC5)CC4)cc3)n2)cc1C#N)SN. The van der Waals surface area contributed by atoms with Gasteiger partial charge in [0.25, 0.3) is 0 Å². The molecule has 2 aliphatic rings. The van der Waals surface area contributed by atoms with Crippen LogP contribution in [0.4, 0.5) is 17.3 Å². The summed E-state index contributed by atoms with van der Waals surface area (Å²) in [4.78, 5) is 18.7. The summed E-state index contributed by atoms with van der Waals surface area (Å²) in [5.41, 5.74) is 9.49. The highest BCUT2D eigenvalue weighted by molar-refractivity contribution is 8.01. The van der Waals surface area contributed by atoms with E-state index in [4.69, 9.17) is 20.3 Å². The van der Waals surface area contributed by atoms with Crippen molar-refractivity contribution in [3.63, 3.8) is 0 Å². The molecule has 2 saturated heterocycles. The maximum absolute atomic E-state index is 9.67. The molecule has 202 valence electrons. The minimum Gasteiger partial charge on any atom is -0.487 e. The molecule has 1 aromatic heterocycles. The van der Waals surface area contributed by atoms with E-state index < -0.39 is 0 Å². The van der Waals surface area contributed by atoms with Gasteiger partial charge in [-0.1, -0.05) is 0 Å². The molecule has 0 aliphatic carbocycles. The van der Waals surface area contributed by atoms with E-state index in [-0.39, 0.29) is 6.61 Å². The molecule has 2 aromatic carbocycles. The topological polar surface area (TPSA) is 151 Å². The lowest BCUT2D eigenvalue weighted by molar-refractivity contribution is -0.0660. The van der Waals surface area contributed by atoms with Crippen molar-refractivity contribution in [2.24, 2.45) is 10.9 Å². The third-order valence-corrected chi connectivity index (χ3v) is 7.53. The van der Waals surface area contributed by atoms with Gasteiger partial charge in [-0.25, -0.2) is 9.97 Å². The lowest BCUT2D eigenvalue weighted by Gasteiger charge is -2.43. The molecule has 0 bridgehead atoms. The molecule has 0 unspecified atom stereocenters. The summed E-state index contributed by atoms with van der Waals surface area (Å²) in [6.07, 6.45) is 1.45. The first-order valence-electron chi connectivity index (χ1n) is 12.7. The van der Waals surface area contributed by atoms with Crippen molar-refractivity contribution in [2.75, 3.05) is 56.2 Å². The van der Waals surface area contributed by atoms with Crippen LogP contribution in [-0.2, 0) is 4.74 Å². The molecular weight excluding hydrogens is 514 g/mol. The van der Waals surface area contributed by atoms with Gasteiger partial charge in [0, 0.05) is 48.8 Å². The molecule has 2 fully saturated rings.